The molecule has 1 aromatic rings. The minimum atomic E-state index is -1.01. The van der Waals surface area contributed by atoms with Crippen LogP contribution in [0.25, 0.3) is 0 Å². The maximum absolute atomic E-state index is 13.0. The topological polar surface area (TPSA) is 86.6 Å². The van der Waals surface area contributed by atoms with E-state index in [0.717, 1.165) is 24.8 Å². The average Bonchev–Trinajstić information content (AvgIpc) is 2.54. The summed E-state index contributed by atoms with van der Waals surface area (Å²) in [5.74, 6) is 1.03. The van der Waals surface area contributed by atoms with Gasteiger partial charge in [-0.25, -0.2) is 4.79 Å². The van der Waals surface area contributed by atoms with E-state index in [9.17, 15) is 19.8 Å². The van der Waals surface area contributed by atoms with Crippen LogP contribution in [0.3, 0.4) is 0 Å². The maximum atomic E-state index is 13.0. The van der Waals surface area contributed by atoms with Gasteiger partial charge in [-0.15, -0.1) is 0 Å². The van der Waals surface area contributed by atoms with Crippen LogP contribution in [0.2, 0.25) is 0 Å². The normalized spacial score (nSPS) is 33.8. The molecule has 0 unspecified atom stereocenters. The van der Waals surface area contributed by atoms with Crippen LogP contribution in [-0.2, 0) is 16.0 Å². The van der Waals surface area contributed by atoms with Crippen molar-refractivity contribution < 1.29 is 19.8 Å². The number of carboxylic acids is 1. The van der Waals surface area contributed by atoms with Crippen LogP contribution in [0.1, 0.15) is 44.1 Å². The lowest BCUT2D eigenvalue weighted by Crippen LogP contribution is -2.56. The van der Waals surface area contributed by atoms with Crippen LogP contribution in [0.4, 0.5) is 0 Å². The Labute approximate surface area is 147 Å². The zero-order chi connectivity index (χ0) is 17.6. The summed E-state index contributed by atoms with van der Waals surface area (Å²) in [6, 6.07) is 5.54. The number of amides is 1. The molecule has 1 aromatic carbocycles. The van der Waals surface area contributed by atoms with Gasteiger partial charge in [0.05, 0.1) is 0 Å². The molecule has 3 N–H and O–H groups in total. The van der Waals surface area contributed by atoms with Crippen molar-refractivity contribution in [3.05, 3.63) is 29.8 Å². The summed E-state index contributed by atoms with van der Waals surface area (Å²) >= 11 is 0. The van der Waals surface area contributed by atoms with Crippen LogP contribution in [0.15, 0.2) is 24.3 Å². The monoisotopic (exact) mass is 343 g/mol. The third kappa shape index (κ3) is 3.12. The van der Waals surface area contributed by atoms with Gasteiger partial charge in [0.1, 0.15) is 11.8 Å². The van der Waals surface area contributed by atoms with Crippen molar-refractivity contribution >= 4 is 11.9 Å². The predicted molar refractivity (Wildman–Crippen MR) is 92.0 cm³/mol. The van der Waals surface area contributed by atoms with Gasteiger partial charge in [-0.2, -0.15) is 0 Å². The van der Waals surface area contributed by atoms with E-state index in [1.807, 2.05) is 0 Å². The van der Waals surface area contributed by atoms with Crippen molar-refractivity contribution in [1.82, 2.24) is 5.32 Å². The molecule has 0 aromatic heterocycles. The molecule has 0 radical (unpaired) electrons. The lowest BCUT2D eigenvalue weighted by atomic mass is 9.49. The molecule has 4 aliphatic carbocycles. The lowest BCUT2D eigenvalue weighted by molar-refractivity contribution is -0.151. The number of rotatable bonds is 5. The van der Waals surface area contributed by atoms with E-state index in [0.29, 0.717) is 17.8 Å². The molecule has 0 aliphatic heterocycles. The number of carboxylic acid groups (broad SMARTS) is 1. The predicted octanol–water partition coefficient (Wildman–Crippen LogP) is 2.72. The number of phenols is 1. The van der Waals surface area contributed by atoms with E-state index in [-0.39, 0.29) is 23.5 Å². The van der Waals surface area contributed by atoms with Gasteiger partial charge in [-0.1, -0.05) is 12.1 Å². The second kappa shape index (κ2) is 6.04. The summed E-state index contributed by atoms with van der Waals surface area (Å²) in [4.78, 5) is 24.7. The number of hydrogen-bond donors (Lipinski definition) is 3. The zero-order valence-electron chi connectivity index (χ0n) is 14.3. The molecular formula is C20H25NO4. The molecule has 25 heavy (non-hydrogen) atoms. The second-order valence-corrected chi connectivity index (χ2v) is 8.43. The molecule has 4 fully saturated rings. The minimum absolute atomic E-state index is 0.0576. The number of nitrogens with one attached hydrogen (secondary N) is 1. The highest BCUT2D eigenvalue weighted by Crippen LogP contribution is 2.60. The van der Waals surface area contributed by atoms with Crippen molar-refractivity contribution in [3.8, 4) is 5.75 Å². The van der Waals surface area contributed by atoms with Crippen molar-refractivity contribution in [2.75, 3.05) is 0 Å². The van der Waals surface area contributed by atoms with Crippen molar-refractivity contribution in [2.45, 2.75) is 51.0 Å². The number of aliphatic carboxylic acids is 1. The molecule has 5 nitrogen and oxygen atoms in total. The smallest absolute Gasteiger partial charge is 0.326 e. The first-order valence-electron chi connectivity index (χ1n) is 9.25. The summed E-state index contributed by atoms with van der Waals surface area (Å²) in [6.07, 6.45) is 6.77. The fourth-order valence-corrected chi connectivity index (χ4v) is 5.77. The minimum Gasteiger partial charge on any atom is -0.508 e. The van der Waals surface area contributed by atoms with Gasteiger partial charge in [0, 0.05) is 11.8 Å². The fourth-order valence-electron chi connectivity index (χ4n) is 5.77. The summed E-state index contributed by atoms with van der Waals surface area (Å²) in [5.41, 5.74) is 0.452. The van der Waals surface area contributed by atoms with E-state index in [1.165, 1.54) is 31.4 Å². The van der Waals surface area contributed by atoms with E-state index in [1.54, 1.807) is 12.1 Å². The van der Waals surface area contributed by atoms with Gasteiger partial charge < -0.3 is 15.5 Å². The third-order valence-electron chi connectivity index (χ3n) is 6.50. The van der Waals surface area contributed by atoms with Crippen molar-refractivity contribution in [3.63, 3.8) is 0 Å². The highest BCUT2D eigenvalue weighted by molar-refractivity contribution is 5.88. The Bertz CT molecular complexity index is 646. The Balaban J connectivity index is 1.47. The Kier molecular flexibility index (Phi) is 3.97. The Morgan fingerprint density at radius 3 is 2.04 bits per heavy atom. The second-order valence-electron chi connectivity index (χ2n) is 8.43. The Morgan fingerprint density at radius 1 is 1.04 bits per heavy atom. The fraction of sp³-hybridized carbons (Fsp3) is 0.600. The molecule has 4 aliphatic rings. The molecule has 1 atom stereocenters. The maximum Gasteiger partial charge on any atom is 0.326 e. The van der Waals surface area contributed by atoms with Gasteiger partial charge in [-0.3, -0.25) is 4.79 Å². The molecule has 0 spiro atoms. The quantitative estimate of drug-likeness (QED) is 0.767. The highest BCUT2D eigenvalue weighted by atomic mass is 16.4. The van der Waals surface area contributed by atoms with Crippen LogP contribution in [-0.4, -0.2) is 28.1 Å². The molecule has 0 heterocycles. The van der Waals surface area contributed by atoms with Gasteiger partial charge in [-0.05, 0) is 74.0 Å². The average molecular weight is 343 g/mol. The Hall–Kier alpha value is -2.04. The van der Waals surface area contributed by atoms with E-state index < -0.39 is 12.0 Å². The summed E-state index contributed by atoms with van der Waals surface area (Å²) in [7, 11) is 0. The summed E-state index contributed by atoms with van der Waals surface area (Å²) < 4.78 is 0. The number of phenolic OH excluding ortho intramolecular Hbond substituents is 1. The number of hydrogen-bond acceptors (Lipinski definition) is 3. The Morgan fingerprint density at radius 2 is 1.56 bits per heavy atom. The van der Waals surface area contributed by atoms with E-state index >= 15 is 0 Å². The standard InChI is InChI=1S/C20H25NO4/c22-16-3-1-12(2-4-16)8-17(18(23)24)21-19(25)20-9-13-5-14(10-20)7-15(6-13)11-20/h1-4,13-15,17,22H,5-11H2,(H,21,25)(H,23,24)/t13?,14?,15?,17-,20?/m0/s1. The van der Waals surface area contributed by atoms with Crippen molar-refractivity contribution in [2.24, 2.45) is 23.2 Å². The van der Waals surface area contributed by atoms with Gasteiger partial charge >= 0.3 is 5.97 Å². The molecule has 5 rings (SSSR count). The van der Waals surface area contributed by atoms with Crippen LogP contribution in [0.5, 0.6) is 5.75 Å². The van der Waals surface area contributed by atoms with Crippen molar-refractivity contribution in [1.29, 1.82) is 0 Å². The van der Waals surface area contributed by atoms with Crippen LogP contribution < -0.4 is 5.32 Å². The molecule has 1 amide bonds. The number of carbonyl (C=O) groups is 2. The number of aromatic hydroxyl groups is 1. The first kappa shape index (κ1) is 16.4. The van der Waals surface area contributed by atoms with E-state index in [4.69, 9.17) is 0 Å². The molecule has 4 bridgehead atoms. The van der Waals surface area contributed by atoms with Crippen LogP contribution >= 0.6 is 0 Å². The molecule has 5 heteroatoms. The van der Waals surface area contributed by atoms with Gasteiger partial charge in [0.15, 0.2) is 0 Å². The highest BCUT2D eigenvalue weighted by Gasteiger charge is 2.54. The number of carbonyl (C=O) groups excluding carboxylic acids is 1. The first-order chi connectivity index (χ1) is 11.9. The van der Waals surface area contributed by atoms with E-state index in [2.05, 4.69) is 5.32 Å². The molecule has 4 saturated carbocycles. The first-order valence-corrected chi connectivity index (χ1v) is 9.25. The lowest BCUT2D eigenvalue weighted by Gasteiger charge is -2.55. The summed E-state index contributed by atoms with van der Waals surface area (Å²) in [6.45, 7) is 0. The van der Waals surface area contributed by atoms with Crippen LogP contribution in [0, 0.1) is 23.2 Å². The van der Waals surface area contributed by atoms with Gasteiger partial charge in [0.25, 0.3) is 0 Å². The molecule has 0 saturated heterocycles. The zero-order valence-corrected chi connectivity index (χ0v) is 14.3. The third-order valence-corrected chi connectivity index (χ3v) is 6.50. The largest absolute Gasteiger partial charge is 0.508 e. The van der Waals surface area contributed by atoms with Gasteiger partial charge in [0.2, 0.25) is 5.91 Å². The summed E-state index contributed by atoms with van der Waals surface area (Å²) in [5, 5.41) is 21.7. The SMILES string of the molecule is O=C(O)[C@H](Cc1ccc(O)cc1)NC(=O)C12CC3CC(CC(C3)C1)C2. The molecule has 134 valence electrons. The molecular weight excluding hydrogens is 318 g/mol. The number of benzene rings is 1.